The summed E-state index contributed by atoms with van der Waals surface area (Å²) < 4.78 is 37.8. The van der Waals surface area contributed by atoms with Gasteiger partial charge in [-0.25, -0.2) is 0 Å². The van der Waals surface area contributed by atoms with Crippen LogP contribution in [0.5, 0.6) is 0 Å². The van der Waals surface area contributed by atoms with Crippen molar-refractivity contribution in [2.24, 2.45) is 23.7 Å². The van der Waals surface area contributed by atoms with Gasteiger partial charge in [0.2, 0.25) is 0 Å². The molecular weight excluding hydrogens is 297 g/mol. The zero-order valence-corrected chi connectivity index (χ0v) is 14.2. The summed E-state index contributed by atoms with van der Waals surface area (Å²) in [5.74, 6) is 6.86. The van der Waals surface area contributed by atoms with E-state index in [4.69, 9.17) is 0 Å². The van der Waals surface area contributed by atoms with Crippen molar-refractivity contribution < 1.29 is 13.2 Å². The van der Waals surface area contributed by atoms with Crippen LogP contribution in [0.1, 0.15) is 71.1 Å². The van der Waals surface area contributed by atoms with Crippen LogP contribution in [0, 0.1) is 35.5 Å². The van der Waals surface area contributed by atoms with Crippen LogP contribution < -0.4 is 0 Å². The monoisotopic (exact) mass is 326 g/mol. The molecule has 0 amide bonds. The molecule has 0 saturated heterocycles. The number of hydrogen-bond donors (Lipinski definition) is 0. The van der Waals surface area contributed by atoms with Crippen molar-refractivity contribution in [1.29, 1.82) is 0 Å². The van der Waals surface area contributed by atoms with Gasteiger partial charge in [-0.15, -0.1) is 0 Å². The van der Waals surface area contributed by atoms with Gasteiger partial charge < -0.3 is 0 Å². The molecule has 0 N–H and O–H groups in total. The second-order valence-electron chi connectivity index (χ2n) is 7.31. The van der Waals surface area contributed by atoms with Gasteiger partial charge in [0.15, 0.2) is 0 Å². The standard InChI is InChI=1S/C20H29F3/c1-2-5-16-8-10-17(11-9-16)6-3-4-7-18-12-14-19(15-13-18)20(21,22)23/h3,6,16-19H,2,5,8-15H2,1H3. The maximum atomic E-state index is 12.6. The van der Waals surface area contributed by atoms with Gasteiger partial charge in [0, 0.05) is 5.92 Å². The van der Waals surface area contributed by atoms with Crippen LogP contribution in [0.25, 0.3) is 0 Å². The normalized spacial score (nSPS) is 32.5. The van der Waals surface area contributed by atoms with Crippen LogP contribution >= 0.6 is 0 Å². The molecule has 0 heterocycles. The lowest BCUT2D eigenvalue weighted by Crippen LogP contribution is -2.27. The summed E-state index contributed by atoms with van der Waals surface area (Å²) in [6.45, 7) is 2.25. The molecule has 0 radical (unpaired) electrons. The molecule has 2 saturated carbocycles. The van der Waals surface area contributed by atoms with Gasteiger partial charge in [0.05, 0.1) is 5.92 Å². The van der Waals surface area contributed by atoms with Crippen LogP contribution in [-0.2, 0) is 0 Å². The Balaban J connectivity index is 1.68. The van der Waals surface area contributed by atoms with Crippen LogP contribution in [0.3, 0.4) is 0 Å². The SMILES string of the molecule is CCCC1CCC(C=CC#CC2CCC(C(F)(F)F)CC2)CC1. The van der Waals surface area contributed by atoms with Crippen LogP contribution in [0.4, 0.5) is 13.2 Å². The molecule has 0 spiro atoms. The molecule has 2 aliphatic carbocycles. The maximum absolute atomic E-state index is 12.6. The quantitative estimate of drug-likeness (QED) is 0.518. The minimum Gasteiger partial charge on any atom is -0.171 e. The highest BCUT2D eigenvalue weighted by molar-refractivity contribution is 5.18. The van der Waals surface area contributed by atoms with Crippen molar-refractivity contribution in [3.05, 3.63) is 12.2 Å². The Morgan fingerprint density at radius 3 is 2.17 bits per heavy atom. The molecule has 0 unspecified atom stereocenters. The second-order valence-corrected chi connectivity index (χ2v) is 7.31. The summed E-state index contributed by atoms with van der Waals surface area (Å²) in [4.78, 5) is 0. The van der Waals surface area contributed by atoms with Crippen LogP contribution in [0.2, 0.25) is 0 Å². The van der Waals surface area contributed by atoms with Gasteiger partial charge in [-0.3, -0.25) is 0 Å². The molecular formula is C20H29F3. The average molecular weight is 326 g/mol. The number of halogens is 3. The van der Waals surface area contributed by atoms with E-state index in [0.29, 0.717) is 18.8 Å². The predicted octanol–water partition coefficient (Wildman–Crippen LogP) is 6.52. The molecule has 130 valence electrons. The van der Waals surface area contributed by atoms with Crippen molar-refractivity contribution in [3.63, 3.8) is 0 Å². The number of hydrogen-bond acceptors (Lipinski definition) is 0. The third-order valence-electron chi connectivity index (χ3n) is 5.52. The maximum Gasteiger partial charge on any atom is 0.391 e. The first-order valence-electron chi connectivity index (χ1n) is 9.23. The van der Waals surface area contributed by atoms with Gasteiger partial charge in [0.1, 0.15) is 0 Å². The minimum absolute atomic E-state index is 0.151. The van der Waals surface area contributed by atoms with E-state index in [1.165, 1.54) is 38.5 Å². The smallest absolute Gasteiger partial charge is 0.171 e. The Labute approximate surface area is 138 Å². The van der Waals surface area contributed by atoms with Gasteiger partial charge in [-0.2, -0.15) is 13.2 Å². The van der Waals surface area contributed by atoms with E-state index in [-0.39, 0.29) is 18.8 Å². The van der Waals surface area contributed by atoms with Crippen LogP contribution in [-0.4, -0.2) is 6.18 Å². The fraction of sp³-hybridized carbons (Fsp3) is 0.800. The number of alkyl halides is 3. The van der Waals surface area contributed by atoms with E-state index in [0.717, 1.165) is 5.92 Å². The van der Waals surface area contributed by atoms with Crippen molar-refractivity contribution in [2.45, 2.75) is 77.3 Å². The first-order chi connectivity index (χ1) is 11.0. The molecule has 0 bridgehead atoms. The summed E-state index contributed by atoms with van der Waals surface area (Å²) in [5.41, 5.74) is 0. The first kappa shape index (κ1) is 18.4. The van der Waals surface area contributed by atoms with Crippen molar-refractivity contribution >= 4 is 0 Å². The predicted molar refractivity (Wildman–Crippen MR) is 88.8 cm³/mol. The van der Waals surface area contributed by atoms with Crippen molar-refractivity contribution in [3.8, 4) is 11.8 Å². The molecule has 2 rings (SSSR count). The first-order valence-corrected chi connectivity index (χ1v) is 9.23. The summed E-state index contributed by atoms with van der Waals surface area (Å²) in [6, 6.07) is 0. The largest absolute Gasteiger partial charge is 0.391 e. The zero-order chi connectivity index (χ0) is 16.7. The van der Waals surface area contributed by atoms with Crippen molar-refractivity contribution in [2.75, 3.05) is 0 Å². The summed E-state index contributed by atoms with van der Waals surface area (Å²) in [5, 5.41) is 0. The summed E-state index contributed by atoms with van der Waals surface area (Å²) in [7, 11) is 0. The number of rotatable bonds is 3. The van der Waals surface area contributed by atoms with E-state index in [2.05, 4.69) is 24.8 Å². The third kappa shape index (κ3) is 6.24. The molecule has 2 fully saturated rings. The molecule has 2 aliphatic rings. The third-order valence-corrected chi connectivity index (χ3v) is 5.52. The molecule has 23 heavy (non-hydrogen) atoms. The zero-order valence-electron chi connectivity index (χ0n) is 14.2. The molecule has 0 aromatic heterocycles. The van der Waals surface area contributed by atoms with Gasteiger partial charge in [0.25, 0.3) is 0 Å². The number of allylic oxidation sites excluding steroid dienone is 2. The molecule has 3 heteroatoms. The summed E-state index contributed by atoms with van der Waals surface area (Å²) in [6.07, 6.45) is 9.65. The Hall–Kier alpha value is -0.910. The lowest BCUT2D eigenvalue weighted by Gasteiger charge is -2.27. The fourth-order valence-corrected chi connectivity index (χ4v) is 3.99. The fourth-order valence-electron chi connectivity index (χ4n) is 3.99. The Morgan fingerprint density at radius 1 is 0.957 bits per heavy atom. The molecule has 0 atom stereocenters. The van der Waals surface area contributed by atoms with E-state index in [1.54, 1.807) is 0 Å². The van der Waals surface area contributed by atoms with Crippen molar-refractivity contribution in [1.82, 2.24) is 0 Å². The molecule has 0 aliphatic heterocycles. The Morgan fingerprint density at radius 2 is 1.61 bits per heavy atom. The Bertz CT molecular complexity index is 422. The topological polar surface area (TPSA) is 0 Å². The molecule has 0 aromatic carbocycles. The van der Waals surface area contributed by atoms with E-state index in [9.17, 15) is 13.2 Å². The summed E-state index contributed by atoms with van der Waals surface area (Å²) >= 11 is 0. The minimum atomic E-state index is -4.02. The molecule has 0 aromatic rings. The average Bonchev–Trinajstić information content (AvgIpc) is 2.53. The highest BCUT2D eigenvalue weighted by Crippen LogP contribution is 2.39. The van der Waals surface area contributed by atoms with E-state index < -0.39 is 12.1 Å². The second kappa shape index (κ2) is 8.81. The van der Waals surface area contributed by atoms with Gasteiger partial charge in [-0.05, 0) is 69.3 Å². The Kier molecular flexibility index (Phi) is 7.06. The van der Waals surface area contributed by atoms with Crippen LogP contribution in [0.15, 0.2) is 12.2 Å². The lowest BCUT2D eigenvalue weighted by atomic mass is 9.80. The van der Waals surface area contributed by atoms with Gasteiger partial charge in [-0.1, -0.05) is 37.7 Å². The highest BCUT2D eigenvalue weighted by Gasteiger charge is 2.41. The van der Waals surface area contributed by atoms with Gasteiger partial charge >= 0.3 is 6.18 Å². The highest BCUT2D eigenvalue weighted by atomic mass is 19.4. The lowest BCUT2D eigenvalue weighted by molar-refractivity contribution is -0.182. The van der Waals surface area contributed by atoms with E-state index >= 15 is 0 Å². The van der Waals surface area contributed by atoms with E-state index in [1.807, 2.05) is 6.08 Å². The molecule has 0 nitrogen and oxygen atoms in total.